The summed E-state index contributed by atoms with van der Waals surface area (Å²) in [6, 6.07) is 0. The molecule has 0 radical (unpaired) electrons. The van der Waals surface area contributed by atoms with Crippen molar-refractivity contribution in [2.24, 2.45) is 17.8 Å². The average Bonchev–Trinajstić information content (AvgIpc) is 2.21. The topological polar surface area (TPSA) is 0 Å². The molecule has 0 aliphatic rings. The Balaban J connectivity index is -0.000000448. The molecule has 0 aromatic carbocycles. The van der Waals surface area contributed by atoms with Crippen molar-refractivity contribution in [1.29, 1.82) is 0 Å². The van der Waals surface area contributed by atoms with E-state index in [9.17, 15) is 0 Å². The lowest BCUT2D eigenvalue weighted by Crippen LogP contribution is -2.15. The van der Waals surface area contributed by atoms with E-state index in [1.807, 2.05) is 0 Å². The molecule has 0 N–H and O–H groups in total. The molecular formula is C17H40S2. The fraction of sp³-hybridized carbons (Fsp3) is 1.00. The van der Waals surface area contributed by atoms with Gasteiger partial charge in [-0.15, -0.1) is 0 Å². The van der Waals surface area contributed by atoms with Gasteiger partial charge in [-0.1, -0.05) is 69.7 Å². The zero-order chi connectivity index (χ0) is 14.7. The maximum absolute atomic E-state index is 2.39. The molecule has 0 heterocycles. The highest BCUT2D eigenvalue weighted by atomic mass is 32.2. The minimum Gasteiger partial charge on any atom is -0.159 e. The molecule has 0 saturated heterocycles. The summed E-state index contributed by atoms with van der Waals surface area (Å²) >= 11 is 4.19. The van der Waals surface area contributed by atoms with E-state index in [1.165, 1.54) is 11.5 Å². The normalized spacial score (nSPS) is 13.9. The second-order valence-corrected chi connectivity index (χ2v) is 9.67. The summed E-state index contributed by atoms with van der Waals surface area (Å²) in [4.78, 5) is 0. The second-order valence-electron chi connectivity index (χ2n) is 6.45. The average molecular weight is 309 g/mol. The van der Waals surface area contributed by atoms with Crippen LogP contribution in [0.2, 0.25) is 0 Å². The second kappa shape index (κ2) is 15.1. The minimum atomic E-state index is 0. The predicted octanol–water partition coefficient (Wildman–Crippen LogP) is 6.84. The van der Waals surface area contributed by atoms with Crippen LogP contribution in [0.4, 0.5) is 0 Å². The van der Waals surface area contributed by atoms with E-state index < -0.39 is 0 Å². The van der Waals surface area contributed by atoms with Crippen molar-refractivity contribution >= 4 is 23.5 Å². The molecule has 0 amide bonds. The van der Waals surface area contributed by atoms with E-state index in [1.54, 1.807) is 0 Å². The Bertz CT molecular complexity index is 146. The summed E-state index contributed by atoms with van der Waals surface area (Å²) in [5.74, 6) is 5.18. The van der Waals surface area contributed by atoms with Gasteiger partial charge < -0.3 is 0 Å². The lowest BCUT2D eigenvalue weighted by Gasteiger charge is -2.21. The van der Waals surface area contributed by atoms with Crippen molar-refractivity contribution in [3.63, 3.8) is 0 Å². The van der Waals surface area contributed by atoms with Gasteiger partial charge in [-0.05, 0) is 39.8 Å². The standard InChI is InChI=1S/C12H26S2.C4H10.CH4/c1-9(2)13-7-11(5)12(6)8-14-10(3)4;1-4(2)3;/h9-12H,7-8H2,1-6H3;4H,1-3H3;1H4. The van der Waals surface area contributed by atoms with Gasteiger partial charge in [-0.3, -0.25) is 0 Å². The van der Waals surface area contributed by atoms with Crippen LogP contribution < -0.4 is 0 Å². The molecule has 0 aromatic rings. The Hall–Kier alpha value is 0.700. The van der Waals surface area contributed by atoms with Gasteiger partial charge in [0, 0.05) is 0 Å². The number of rotatable bonds is 7. The van der Waals surface area contributed by atoms with Crippen LogP contribution in [0.1, 0.15) is 69.7 Å². The van der Waals surface area contributed by atoms with Crippen LogP contribution in [0.5, 0.6) is 0 Å². The highest BCUT2D eigenvalue weighted by Crippen LogP contribution is 2.24. The van der Waals surface area contributed by atoms with Gasteiger partial charge in [0.15, 0.2) is 0 Å². The Morgan fingerprint density at radius 2 is 0.789 bits per heavy atom. The molecule has 120 valence electrons. The summed E-state index contributed by atoms with van der Waals surface area (Å²) < 4.78 is 0. The molecule has 0 aromatic heterocycles. The maximum atomic E-state index is 2.39. The van der Waals surface area contributed by atoms with E-state index in [0.717, 1.165) is 28.3 Å². The van der Waals surface area contributed by atoms with Crippen molar-refractivity contribution in [1.82, 2.24) is 0 Å². The van der Waals surface area contributed by atoms with Crippen molar-refractivity contribution in [3.8, 4) is 0 Å². The maximum Gasteiger partial charge on any atom is -0.000958 e. The van der Waals surface area contributed by atoms with E-state index in [4.69, 9.17) is 0 Å². The van der Waals surface area contributed by atoms with Gasteiger partial charge in [0.05, 0.1) is 0 Å². The monoisotopic (exact) mass is 308 g/mol. The first kappa shape index (κ1) is 24.7. The van der Waals surface area contributed by atoms with Crippen molar-refractivity contribution in [2.75, 3.05) is 11.5 Å². The van der Waals surface area contributed by atoms with Crippen LogP contribution in [-0.4, -0.2) is 22.0 Å². The van der Waals surface area contributed by atoms with Crippen molar-refractivity contribution in [3.05, 3.63) is 0 Å². The van der Waals surface area contributed by atoms with Crippen molar-refractivity contribution in [2.45, 2.75) is 80.2 Å². The van der Waals surface area contributed by atoms with Crippen LogP contribution in [0.15, 0.2) is 0 Å². The van der Waals surface area contributed by atoms with Gasteiger partial charge in [-0.25, -0.2) is 0 Å². The Morgan fingerprint density at radius 3 is 0.947 bits per heavy atom. The predicted molar refractivity (Wildman–Crippen MR) is 101 cm³/mol. The Kier molecular flexibility index (Phi) is 19.6. The number of hydrogen-bond acceptors (Lipinski definition) is 2. The van der Waals surface area contributed by atoms with Gasteiger partial charge in [0.25, 0.3) is 0 Å². The summed E-state index contributed by atoms with van der Waals surface area (Å²) in [6.45, 7) is 20.4. The number of hydrogen-bond donors (Lipinski definition) is 0. The molecule has 0 bridgehead atoms. The van der Waals surface area contributed by atoms with Crippen LogP contribution in [0.25, 0.3) is 0 Å². The lowest BCUT2D eigenvalue weighted by atomic mass is 10.0. The lowest BCUT2D eigenvalue weighted by molar-refractivity contribution is 0.471. The van der Waals surface area contributed by atoms with E-state index >= 15 is 0 Å². The molecule has 2 atom stereocenters. The van der Waals surface area contributed by atoms with Crippen molar-refractivity contribution < 1.29 is 0 Å². The molecule has 19 heavy (non-hydrogen) atoms. The number of thioether (sulfide) groups is 2. The molecule has 0 spiro atoms. The van der Waals surface area contributed by atoms with Gasteiger partial charge in [0.2, 0.25) is 0 Å². The zero-order valence-corrected chi connectivity index (χ0v) is 15.8. The molecule has 0 saturated carbocycles. The summed E-state index contributed by atoms with van der Waals surface area (Å²) in [5.41, 5.74) is 0. The Morgan fingerprint density at radius 1 is 0.579 bits per heavy atom. The first-order valence-electron chi connectivity index (χ1n) is 7.39. The van der Waals surface area contributed by atoms with Gasteiger partial charge in [-0.2, -0.15) is 23.5 Å². The first-order chi connectivity index (χ1) is 8.16. The smallest absolute Gasteiger partial charge is 0.000958 e. The van der Waals surface area contributed by atoms with Crippen LogP contribution in [0, 0.1) is 17.8 Å². The third-order valence-corrected chi connectivity index (χ3v) is 5.13. The fourth-order valence-electron chi connectivity index (χ4n) is 1.02. The summed E-state index contributed by atoms with van der Waals surface area (Å²) in [7, 11) is 0. The SMILES string of the molecule is C.CC(C)C.CC(C)SCC(C)C(C)CSC(C)C. The highest BCUT2D eigenvalue weighted by Gasteiger charge is 2.13. The van der Waals surface area contributed by atoms with Gasteiger partial charge >= 0.3 is 0 Å². The zero-order valence-electron chi connectivity index (χ0n) is 14.1. The van der Waals surface area contributed by atoms with E-state index in [-0.39, 0.29) is 7.43 Å². The molecule has 2 unspecified atom stereocenters. The van der Waals surface area contributed by atoms with Crippen LogP contribution >= 0.6 is 23.5 Å². The fourth-order valence-corrected chi connectivity index (χ4v) is 3.05. The molecule has 0 aliphatic heterocycles. The molecule has 0 fully saturated rings. The van der Waals surface area contributed by atoms with E-state index in [0.29, 0.717) is 0 Å². The molecule has 0 aliphatic carbocycles. The molecular weight excluding hydrogens is 268 g/mol. The largest absolute Gasteiger partial charge is 0.159 e. The van der Waals surface area contributed by atoms with Gasteiger partial charge in [0.1, 0.15) is 0 Å². The van der Waals surface area contributed by atoms with Crippen LogP contribution in [-0.2, 0) is 0 Å². The first-order valence-corrected chi connectivity index (χ1v) is 9.49. The summed E-state index contributed by atoms with van der Waals surface area (Å²) in [5, 5.41) is 1.56. The molecule has 0 rings (SSSR count). The quantitative estimate of drug-likeness (QED) is 0.505. The minimum absolute atomic E-state index is 0. The molecule has 2 heteroatoms. The third kappa shape index (κ3) is 24.1. The molecule has 0 nitrogen and oxygen atoms in total. The van der Waals surface area contributed by atoms with E-state index in [2.05, 4.69) is 85.8 Å². The van der Waals surface area contributed by atoms with Crippen LogP contribution in [0.3, 0.4) is 0 Å². The Labute approximate surface area is 133 Å². The third-order valence-electron chi connectivity index (χ3n) is 2.36. The highest BCUT2D eigenvalue weighted by molar-refractivity contribution is 8.00. The summed E-state index contributed by atoms with van der Waals surface area (Å²) in [6.07, 6.45) is 0.